The van der Waals surface area contributed by atoms with Crippen LogP contribution >= 0.6 is 0 Å². The lowest BCUT2D eigenvalue weighted by Gasteiger charge is -2.32. The number of hydrogen-bond donors (Lipinski definition) is 2. The first kappa shape index (κ1) is 20.6. The van der Waals surface area contributed by atoms with E-state index in [1.807, 2.05) is 17.0 Å². The van der Waals surface area contributed by atoms with E-state index in [0.29, 0.717) is 12.1 Å². The van der Waals surface area contributed by atoms with Gasteiger partial charge in [0.2, 0.25) is 5.91 Å². The van der Waals surface area contributed by atoms with Gasteiger partial charge < -0.3 is 24.9 Å². The summed E-state index contributed by atoms with van der Waals surface area (Å²) in [6.07, 6.45) is 1.60. The van der Waals surface area contributed by atoms with Crippen molar-refractivity contribution < 1.29 is 18.8 Å². The first-order chi connectivity index (χ1) is 14.0. The predicted molar refractivity (Wildman–Crippen MR) is 107 cm³/mol. The summed E-state index contributed by atoms with van der Waals surface area (Å²) in [7, 11) is 2.05. The van der Waals surface area contributed by atoms with E-state index < -0.39 is 0 Å². The molecule has 29 heavy (non-hydrogen) atoms. The number of carbonyl (C=O) groups is 3. The smallest absolute Gasteiger partial charge is 0.286 e. The van der Waals surface area contributed by atoms with E-state index in [1.165, 1.54) is 6.26 Å². The Balaban J connectivity index is 1.38. The number of nitrogens with one attached hydrogen (secondary N) is 2. The Hall–Kier alpha value is -3.13. The number of rotatable bonds is 7. The molecule has 0 radical (unpaired) electrons. The number of carbonyl (C=O) groups excluding carboxylic acids is 3. The third-order valence-corrected chi connectivity index (χ3v) is 4.86. The molecule has 0 spiro atoms. The van der Waals surface area contributed by atoms with Gasteiger partial charge in [-0.05, 0) is 36.9 Å². The molecule has 0 bridgehead atoms. The van der Waals surface area contributed by atoms with Crippen LogP contribution in [0.1, 0.15) is 32.9 Å². The maximum Gasteiger partial charge on any atom is 0.286 e. The first-order valence-corrected chi connectivity index (χ1v) is 9.68. The summed E-state index contributed by atoms with van der Waals surface area (Å²) in [5.41, 5.74) is 1.57. The lowest BCUT2D eigenvalue weighted by atomic mass is 10.1. The van der Waals surface area contributed by atoms with Crippen molar-refractivity contribution in [3.8, 4) is 0 Å². The minimum absolute atomic E-state index is 0.0426. The van der Waals surface area contributed by atoms with E-state index in [2.05, 4.69) is 22.6 Å². The molecule has 0 saturated carbocycles. The standard InChI is InChI=1S/C21H26N4O4/c1-24-10-12-25(13-11-24)21(28)17-6-4-16(5-7-17)15-23-19(26)8-9-22-20(27)18-3-2-14-29-18/h2-7,14H,8-13,15H2,1H3,(H,22,27)(H,23,26). The Morgan fingerprint density at radius 3 is 2.38 bits per heavy atom. The van der Waals surface area contributed by atoms with Crippen LogP contribution in [0.2, 0.25) is 0 Å². The molecule has 1 aliphatic rings. The van der Waals surface area contributed by atoms with Crippen LogP contribution in [0.4, 0.5) is 0 Å². The minimum Gasteiger partial charge on any atom is -0.459 e. The van der Waals surface area contributed by atoms with Crippen molar-refractivity contribution in [3.63, 3.8) is 0 Å². The van der Waals surface area contributed by atoms with Crippen molar-refractivity contribution in [2.45, 2.75) is 13.0 Å². The van der Waals surface area contributed by atoms with Crippen molar-refractivity contribution in [1.82, 2.24) is 20.4 Å². The molecular formula is C21H26N4O4. The lowest BCUT2D eigenvalue weighted by Crippen LogP contribution is -2.47. The van der Waals surface area contributed by atoms with Crippen molar-refractivity contribution in [2.24, 2.45) is 0 Å². The summed E-state index contributed by atoms with van der Waals surface area (Å²) in [6, 6.07) is 10.5. The largest absolute Gasteiger partial charge is 0.459 e. The summed E-state index contributed by atoms with van der Waals surface area (Å²) in [5.74, 6) is -0.247. The molecule has 1 aliphatic heterocycles. The van der Waals surface area contributed by atoms with E-state index in [4.69, 9.17) is 4.42 Å². The topological polar surface area (TPSA) is 94.9 Å². The zero-order valence-electron chi connectivity index (χ0n) is 16.5. The minimum atomic E-state index is -0.344. The van der Waals surface area contributed by atoms with Crippen molar-refractivity contribution in [2.75, 3.05) is 39.8 Å². The van der Waals surface area contributed by atoms with Gasteiger partial charge in [0.25, 0.3) is 11.8 Å². The summed E-state index contributed by atoms with van der Waals surface area (Å²) in [5, 5.41) is 5.44. The maximum atomic E-state index is 12.5. The molecule has 1 fully saturated rings. The van der Waals surface area contributed by atoms with Gasteiger partial charge >= 0.3 is 0 Å². The first-order valence-electron chi connectivity index (χ1n) is 9.68. The molecule has 2 heterocycles. The molecule has 1 saturated heterocycles. The lowest BCUT2D eigenvalue weighted by molar-refractivity contribution is -0.121. The van der Waals surface area contributed by atoms with E-state index in [-0.39, 0.29) is 36.4 Å². The molecule has 1 aromatic heterocycles. The normalized spacial score (nSPS) is 14.4. The third-order valence-electron chi connectivity index (χ3n) is 4.86. The molecule has 0 unspecified atom stereocenters. The molecule has 2 aromatic rings. The molecule has 8 heteroatoms. The second-order valence-electron chi connectivity index (χ2n) is 7.05. The fourth-order valence-corrected chi connectivity index (χ4v) is 3.03. The number of piperazine rings is 1. The number of nitrogens with zero attached hydrogens (tertiary/aromatic N) is 2. The van der Waals surface area contributed by atoms with Crippen LogP contribution < -0.4 is 10.6 Å². The van der Waals surface area contributed by atoms with Crippen molar-refractivity contribution in [3.05, 3.63) is 59.5 Å². The molecular weight excluding hydrogens is 372 g/mol. The molecule has 3 amide bonds. The summed E-state index contributed by atoms with van der Waals surface area (Å²) in [4.78, 5) is 40.3. The average Bonchev–Trinajstić information content (AvgIpc) is 3.28. The highest BCUT2D eigenvalue weighted by molar-refractivity contribution is 5.94. The SMILES string of the molecule is CN1CCN(C(=O)c2ccc(CNC(=O)CCNC(=O)c3ccco3)cc2)CC1. The number of amides is 3. The van der Waals surface area contributed by atoms with Crippen LogP contribution in [0, 0.1) is 0 Å². The summed E-state index contributed by atoms with van der Waals surface area (Å²) >= 11 is 0. The van der Waals surface area contributed by atoms with Crippen LogP contribution in [0.3, 0.4) is 0 Å². The fourth-order valence-electron chi connectivity index (χ4n) is 3.03. The number of likely N-dealkylation sites (N-methyl/N-ethyl adjacent to an activating group) is 1. The Bertz CT molecular complexity index is 825. The zero-order chi connectivity index (χ0) is 20.6. The molecule has 1 aromatic carbocycles. The monoisotopic (exact) mass is 398 g/mol. The zero-order valence-corrected chi connectivity index (χ0v) is 16.5. The number of benzene rings is 1. The van der Waals surface area contributed by atoms with Crippen molar-refractivity contribution in [1.29, 1.82) is 0 Å². The number of hydrogen-bond acceptors (Lipinski definition) is 5. The highest BCUT2D eigenvalue weighted by Crippen LogP contribution is 2.10. The van der Waals surface area contributed by atoms with E-state index in [1.54, 1.807) is 24.3 Å². The van der Waals surface area contributed by atoms with Gasteiger partial charge in [-0.3, -0.25) is 14.4 Å². The highest BCUT2D eigenvalue weighted by atomic mass is 16.3. The van der Waals surface area contributed by atoms with E-state index >= 15 is 0 Å². The van der Waals surface area contributed by atoms with Gasteiger partial charge in [0.1, 0.15) is 0 Å². The Morgan fingerprint density at radius 1 is 1.00 bits per heavy atom. The van der Waals surface area contributed by atoms with Gasteiger partial charge in [-0.15, -0.1) is 0 Å². The van der Waals surface area contributed by atoms with Crippen LogP contribution in [0.5, 0.6) is 0 Å². The van der Waals surface area contributed by atoms with Crippen LogP contribution in [-0.4, -0.2) is 67.3 Å². The predicted octanol–water partition coefficient (Wildman–Crippen LogP) is 1.10. The van der Waals surface area contributed by atoms with Crippen LogP contribution in [0.25, 0.3) is 0 Å². The molecule has 3 rings (SSSR count). The second-order valence-corrected chi connectivity index (χ2v) is 7.05. The molecule has 154 valence electrons. The van der Waals surface area contributed by atoms with Crippen molar-refractivity contribution >= 4 is 17.7 Å². The average molecular weight is 398 g/mol. The summed E-state index contributed by atoms with van der Waals surface area (Å²) in [6.45, 7) is 3.85. The molecule has 2 N–H and O–H groups in total. The Morgan fingerprint density at radius 2 is 1.72 bits per heavy atom. The van der Waals surface area contributed by atoms with E-state index in [9.17, 15) is 14.4 Å². The fraction of sp³-hybridized carbons (Fsp3) is 0.381. The molecule has 0 aliphatic carbocycles. The van der Waals surface area contributed by atoms with Crippen LogP contribution in [0.15, 0.2) is 47.1 Å². The van der Waals surface area contributed by atoms with Crippen LogP contribution in [-0.2, 0) is 11.3 Å². The quantitative estimate of drug-likeness (QED) is 0.728. The van der Waals surface area contributed by atoms with E-state index in [0.717, 1.165) is 31.7 Å². The third kappa shape index (κ3) is 5.92. The van der Waals surface area contributed by atoms with Gasteiger partial charge in [-0.2, -0.15) is 0 Å². The van der Waals surface area contributed by atoms with Gasteiger partial charge in [-0.25, -0.2) is 0 Å². The molecule has 8 nitrogen and oxygen atoms in total. The Labute approximate surface area is 169 Å². The maximum absolute atomic E-state index is 12.5. The molecule has 0 atom stereocenters. The summed E-state index contributed by atoms with van der Waals surface area (Å²) < 4.78 is 4.99. The van der Waals surface area contributed by atoms with Gasteiger partial charge in [0.05, 0.1) is 6.26 Å². The van der Waals surface area contributed by atoms with Gasteiger partial charge in [-0.1, -0.05) is 12.1 Å². The highest BCUT2D eigenvalue weighted by Gasteiger charge is 2.20. The van der Waals surface area contributed by atoms with Gasteiger partial charge in [0, 0.05) is 51.3 Å². The second kappa shape index (κ2) is 9.88. The Kier molecular flexibility index (Phi) is 7.02. The number of furan rings is 1. The van der Waals surface area contributed by atoms with Gasteiger partial charge in [0.15, 0.2) is 5.76 Å².